The second kappa shape index (κ2) is 8.40. The molecule has 1 aromatic heterocycles. The van der Waals surface area contributed by atoms with Crippen molar-refractivity contribution in [3.8, 4) is 17.0 Å². The van der Waals surface area contributed by atoms with Crippen molar-refractivity contribution in [1.29, 1.82) is 0 Å². The monoisotopic (exact) mass is 399 g/mol. The van der Waals surface area contributed by atoms with Crippen molar-refractivity contribution in [2.75, 3.05) is 14.2 Å². The second-order valence-electron chi connectivity index (χ2n) is 6.32. The van der Waals surface area contributed by atoms with E-state index in [1.807, 2.05) is 6.07 Å². The van der Waals surface area contributed by atoms with Crippen LogP contribution in [0.2, 0.25) is 5.02 Å². The largest absolute Gasteiger partial charge is 0.497 e. The molecule has 0 aliphatic carbocycles. The van der Waals surface area contributed by atoms with Gasteiger partial charge in [-0.05, 0) is 53.9 Å². The number of benzene rings is 2. The number of carbonyl (C=O) groups excluding carboxylic acids is 1. The van der Waals surface area contributed by atoms with E-state index in [0.29, 0.717) is 45.1 Å². The molecule has 0 atom stereocenters. The predicted octanol–water partition coefficient (Wildman–Crippen LogP) is 5.24. The van der Waals surface area contributed by atoms with Crippen LogP contribution in [0.25, 0.3) is 11.3 Å². The van der Waals surface area contributed by atoms with Gasteiger partial charge in [0.25, 0.3) is 0 Å². The fraction of sp³-hybridized carbons (Fsp3) is 0.182. The first-order chi connectivity index (χ1) is 13.4. The number of aromatic nitrogens is 1. The summed E-state index contributed by atoms with van der Waals surface area (Å²) in [7, 11) is 2.89. The van der Waals surface area contributed by atoms with Crippen molar-refractivity contribution >= 4 is 17.6 Å². The maximum atomic E-state index is 14.0. The van der Waals surface area contributed by atoms with Crippen molar-refractivity contribution in [3.63, 3.8) is 0 Å². The highest BCUT2D eigenvalue weighted by Gasteiger charge is 2.16. The summed E-state index contributed by atoms with van der Waals surface area (Å²) in [5.74, 6) is -0.147. The Morgan fingerprint density at radius 2 is 1.89 bits per heavy atom. The van der Waals surface area contributed by atoms with Crippen LogP contribution in [0, 0.1) is 12.7 Å². The van der Waals surface area contributed by atoms with Gasteiger partial charge < -0.3 is 9.47 Å². The number of halogens is 2. The average Bonchev–Trinajstić information content (AvgIpc) is 2.71. The molecule has 0 saturated heterocycles. The van der Waals surface area contributed by atoms with E-state index in [1.165, 1.54) is 19.4 Å². The van der Waals surface area contributed by atoms with Crippen molar-refractivity contribution in [3.05, 3.63) is 81.8 Å². The molecule has 0 amide bonds. The number of carbonyl (C=O) groups is 1. The smallest absolute Gasteiger partial charge is 0.339 e. The first kappa shape index (κ1) is 19.8. The van der Waals surface area contributed by atoms with E-state index < -0.39 is 5.97 Å². The van der Waals surface area contributed by atoms with E-state index in [1.54, 1.807) is 44.4 Å². The minimum Gasteiger partial charge on any atom is -0.497 e. The maximum Gasteiger partial charge on any atom is 0.339 e. The van der Waals surface area contributed by atoms with Gasteiger partial charge in [0, 0.05) is 23.2 Å². The second-order valence-corrected chi connectivity index (χ2v) is 6.72. The number of rotatable bonds is 5. The highest BCUT2D eigenvalue weighted by Crippen LogP contribution is 2.28. The molecule has 0 bridgehead atoms. The van der Waals surface area contributed by atoms with Crippen LogP contribution in [0.3, 0.4) is 0 Å². The zero-order valence-corrected chi connectivity index (χ0v) is 16.5. The standard InChI is InChI=1S/C22H19ClFNO3/c1-13-4-5-14(10-20(13)24)21-11-15(18(12-25-21)22(26)28-3)8-16-9-17(27-2)6-7-19(16)23/h4-7,9-12H,8H2,1-3H3. The lowest BCUT2D eigenvalue weighted by Crippen LogP contribution is -2.08. The normalized spacial score (nSPS) is 10.6. The quantitative estimate of drug-likeness (QED) is 0.551. The number of esters is 1. The molecule has 0 aliphatic rings. The Hall–Kier alpha value is -2.92. The van der Waals surface area contributed by atoms with Gasteiger partial charge in [0.1, 0.15) is 11.6 Å². The molecule has 3 rings (SSSR count). The van der Waals surface area contributed by atoms with Crippen LogP contribution in [0.1, 0.15) is 27.0 Å². The molecule has 0 radical (unpaired) electrons. The van der Waals surface area contributed by atoms with Crippen LogP contribution < -0.4 is 4.74 Å². The molecule has 144 valence electrons. The van der Waals surface area contributed by atoms with E-state index in [9.17, 15) is 9.18 Å². The van der Waals surface area contributed by atoms with Crippen molar-refractivity contribution in [2.45, 2.75) is 13.3 Å². The van der Waals surface area contributed by atoms with Crippen LogP contribution in [-0.2, 0) is 11.2 Å². The Kier molecular flexibility index (Phi) is 5.95. The summed E-state index contributed by atoms with van der Waals surface area (Å²) in [6.45, 7) is 1.70. The molecule has 28 heavy (non-hydrogen) atoms. The lowest BCUT2D eigenvalue weighted by Gasteiger charge is -2.12. The highest BCUT2D eigenvalue weighted by molar-refractivity contribution is 6.31. The summed E-state index contributed by atoms with van der Waals surface area (Å²) < 4.78 is 24.1. The van der Waals surface area contributed by atoms with Gasteiger partial charge in [-0.1, -0.05) is 23.7 Å². The van der Waals surface area contributed by atoms with Gasteiger partial charge in [-0.15, -0.1) is 0 Å². The Morgan fingerprint density at radius 1 is 1.11 bits per heavy atom. The molecular weight excluding hydrogens is 381 g/mol. The number of hydrogen-bond donors (Lipinski definition) is 0. The van der Waals surface area contributed by atoms with Crippen molar-refractivity contribution in [1.82, 2.24) is 4.98 Å². The first-order valence-corrected chi connectivity index (χ1v) is 8.97. The molecule has 0 unspecified atom stereocenters. The van der Waals surface area contributed by atoms with Gasteiger partial charge in [0.05, 0.1) is 25.5 Å². The van der Waals surface area contributed by atoms with Crippen LogP contribution in [-0.4, -0.2) is 25.2 Å². The summed E-state index contributed by atoms with van der Waals surface area (Å²) in [6.07, 6.45) is 1.81. The summed E-state index contributed by atoms with van der Waals surface area (Å²) in [6, 6.07) is 12.0. The molecule has 6 heteroatoms. The van der Waals surface area contributed by atoms with Gasteiger partial charge in [-0.25, -0.2) is 9.18 Å². The van der Waals surface area contributed by atoms with Crippen LogP contribution >= 0.6 is 11.6 Å². The molecule has 4 nitrogen and oxygen atoms in total. The summed E-state index contributed by atoms with van der Waals surface area (Å²) in [4.78, 5) is 16.5. The van der Waals surface area contributed by atoms with Crippen molar-refractivity contribution in [2.24, 2.45) is 0 Å². The zero-order valence-electron chi connectivity index (χ0n) is 15.8. The molecule has 0 fully saturated rings. The lowest BCUT2D eigenvalue weighted by molar-refractivity contribution is 0.0599. The van der Waals surface area contributed by atoms with Gasteiger partial charge >= 0.3 is 5.97 Å². The Morgan fingerprint density at radius 3 is 2.57 bits per heavy atom. The Labute approximate surface area is 167 Å². The van der Waals surface area contributed by atoms with Gasteiger partial charge in [-0.3, -0.25) is 4.98 Å². The predicted molar refractivity (Wildman–Crippen MR) is 107 cm³/mol. The van der Waals surface area contributed by atoms with Crippen LogP contribution in [0.4, 0.5) is 4.39 Å². The fourth-order valence-electron chi connectivity index (χ4n) is 2.87. The lowest BCUT2D eigenvalue weighted by atomic mass is 9.98. The third kappa shape index (κ3) is 4.15. The van der Waals surface area contributed by atoms with Crippen molar-refractivity contribution < 1.29 is 18.7 Å². The van der Waals surface area contributed by atoms with E-state index in [2.05, 4.69) is 4.98 Å². The molecule has 0 saturated carbocycles. The van der Waals surface area contributed by atoms with Crippen LogP contribution in [0.15, 0.2) is 48.7 Å². The summed E-state index contributed by atoms with van der Waals surface area (Å²) in [5, 5.41) is 0.552. The van der Waals surface area contributed by atoms with Gasteiger partial charge in [-0.2, -0.15) is 0 Å². The number of ether oxygens (including phenoxy) is 2. The maximum absolute atomic E-state index is 14.0. The van der Waals surface area contributed by atoms with E-state index in [-0.39, 0.29) is 5.82 Å². The molecule has 1 heterocycles. The van der Waals surface area contributed by atoms with E-state index >= 15 is 0 Å². The third-order valence-electron chi connectivity index (χ3n) is 4.50. The average molecular weight is 400 g/mol. The fourth-order valence-corrected chi connectivity index (χ4v) is 3.05. The number of methoxy groups -OCH3 is 2. The molecule has 2 aromatic carbocycles. The van der Waals surface area contributed by atoms with Gasteiger partial charge in [0.2, 0.25) is 0 Å². The Balaban J connectivity index is 2.08. The van der Waals surface area contributed by atoms with E-state index in [4.69, 9.17) is 21.1 Å². The summed E-state index contributed by atoms with van der Waals surface area (Å²) >= 11 is 6.33. The molecule has 0 aliphatic heterocycles. The third-order valence-corrected chi connectivity index (χ3v) is 4.87. The molecule has 0 spiro atoms. The van der Waals surface area contributed by atoms with Gasteiger partial charge in [0.15, 0.2) is 0 Å². The summed E-state index contributed by atoms with van der Waals surface area (Å²) in [5.41, 5.74) is 3.53. The SMILES string of the molecule is COC(=O)c1cnc(-c2ccc(C)c(F)c2)cc1Cc1cc(OC)ccc1Cl. The minimum absolute atomic E-state index is 0.311. The van der Waals surface area contributed by atoms with Crippen LogP contribution in [0.5, 0.6) is 5.75 Å². The number of nitrogens with zero attached hydrogens (tertiary/aromatic N) is 1. The minimum atomic E-state index is -0.497. The molecule has 0 N–H and O–H groups in total. The molecule has 3 aromatic rings. The zero-order chi connectivity index (χ0) is 20.3. The topological polar surface area (TPSA) is 48.4 Å². The molecular formula is C22H19ClFNO3. The van der Waals surface area contributed by atoms with E-state index in [0.717, 1.165) is 5.56 Å². The Bertz CT molecular complexity index is 1040. The number of pyridine rings is 1. The highest BCUT2D eigenvalue weighted by atomic mass is 35.5. The number of hydrogen-bond acceptors (Lipinski definition) is 4. The number of aryl methyl sites for hydroxylation is 1. The first-order valence-electron chi connectivity index (χ1n) is 8.59.